The van der Waals surface area contributed by atoms with Crippen LogP contribution in [0.25, 0.3) is 0 Å². The molecule has 0 spiro atoms. The third-order valence-corrected chi connectivity index (χ3v) is 1.89. The molecule has 1 aromatic heterocycles. The second kappa shape index (κ2) is 4.00. The Labute approximate surface area is 79.7 Å². The summed E-state index contributed by atoms with van der Waals surface area (Å²) in [4.78, 5) is 0. The molecule has 0 radical (unpaired) electrons. The summed E-state index contributed by atoms with van der Waals surface area (Å²) in [7, 11) is 0. The number of hydrogen-bond acceptors (Lipinski definition) is 1. The van der Waals surface area contributed by atoms with Gasteiger partial charge in [0.2, 0.25) is 0 Å². The van der Waals surface area contributed by atoms with Crippen molar-refractivity contribution in [1.29, 1.82) is 0 Å². The molecule has 6 heteroatoms. The lowest BCUT2D eigenvalue weighted by molar-refractivity contribution is -0.368. The van der Waals surface area contributed by atoms with E-state index in [9.17, 15) is 13.2 Å². The van der Waals surface area contributed by atoms with Gasteiger partial charge in [0.1, 0.15) is 0 Å². The number of alkyl halides is 3. The van der Waals surface area contributed by atoms with E-state index in [4.69, 9.17) is 0 Å². The van der Waals surface area contributed by atoms with Gasteiger partial charge in [0, 0.05) is 18.7 Å². The normalized spacial score (nSPS) is 12.1. The fraction of sp³-hybridized carbons (Fsp3) is 0.625. The molecule has 0 bridgehead atoms. The highest BCUT2D eigenvalue weighted by atomic mass is 19.4. The molecule has 80 valence electrons. The van der Waals surface area contributed by atoms with Crippen molar-refractivity contribution in [2.75, 3.05) is 6.54 Å². The van der Waals surface area contributed by atoms with Crippen LogP contribution in [0.5, 0.6) is 0 Å². The Kier molecular flexibility index (Phi) is 3.15. The van der Waals surface area contributed by atoms with Gasteiger partial charge in [-0.15, -0.1) is 0 Å². The highest BCUT2D eigenvalue weighted by molar-refractivity contribution is 5.11. The third-order valence-electron chi connectivity index (χ3n) is 1.89. The summed E-state index contributed by atoms with van der Waals surface area (Å²) in [5.74, 6) is 0. The highest BCUT2D eigenvalue weighted by Crippen LogP contribution is 2.28. The first-order valence-corrected chi connectivity index (χ1v) is 4.36. The van der Waals surface area contributed by atoms with E-state index >= 15 is 0 Å². The van der Waals surface area contributed by atoms with E-state index in [0.717, 1.165) is 12.5 Å². The molecule has 1 rings (SSSR count). The molecule has 1 heterocycles. The van der Waals surface area contributed by atoms with Crippen LogP contribution in [0.2, 0.25) is 0 Å². The zero-order chi connectivity index (χ0) is 10.8. The average molecular weight is 208 g/mol. The summed E-state index contributed by atoms with van der Waals surface area (Å²) < 4.78 is 38.0. The van der Waals surface area contributed by atoms with E-state index in [1.165, 1.54) is 4.68 Å². The highest BCUT2D eigenvalue weighted by Gasteiger charge is 2.34. The van der Waals surface area contributed by atoms with E-state index in [1.54, 1.807) is 6.92 Å². The Morgan fingerprint density at radius 1 is 1.50 bits per heavy atom. The number of aromatic nitrogens is 2. The van der Waals surface area contributed by atoms with Gasteiger partial charge in [-0.3, -0.25) is 4.68 Å². The quantitative estimate of drug-likeness (QED) is 0.786. The predicted octanol–water partition coefficient (Wildman–Crippen LogP) is 0.842. The second-order valence-electron chi connectivity index (χ2n) is 3.10. The van der Waals surface area contributed by atoms with Gasteiger partial charge in [-0.2, -0.15) is 18.3 Å². The second-order valence-corrected chi connectivity index (χ2v) is 3.10. The molecule has 0 aromatic carbocycles. The summed E-state index contributed by atoms with van der Waals surface area (Å²) >= 11 is 0. The van der Waals surface area contributed by atoms with Crippen molar-refractivity contribution < 1.29 is 18.9 Å². The van der Waals surface area contributed by atoms with Crippen LogP contribution in [0.1, 0.15) is 17.8 Å². The molecule has 0 aliphatic rings. The monoisotopic (exact) mass is 208 g/mol. The molecule has 3 N–H and O–H groups in total. The van der Waals surface area contributed by atoms with Crippen molar-refractivity contribution in [3.8, 4) is 0 Å². The smallest absolute Gasteiger partial charge is 0.358 e. The molecule has 1 aromatic rings. The molecule has 0 aliphatic carbocycles. The largest absolute Gasteiger partial charge is 0.435 e. The van der Waals surface area contributed by atoms with Gasteiger partial charge in [-0.05, 0) is 13.0 Å². The summed E-state index contributed by atoms with van der Waals surface area (Å²) in [6.45, 7) is 2.80. The Morgan fingerprint density at radius 2 is 2.14 bits per heavy atom. The fourth-order valence-electron chi connectivity index (χ4n) is 1.14. The summed E-state index contributed by atoms with van der Waals surface area (Å²) in [5.41, 5.74) is 3.34. The number of aryl methyl sites for hydroxylation is 2. The van der Waals surface area contributed by atoms with Crippen molar-refractivity contribution >= 4 is 0 Å². The zero-order valence-electron chi connectivity index (χ0n) is 7.93. The van der Waals surface area contributed by atoms with Crippen LogP contribution in [0, 0.1) is 6.92 Å². The number of rotatable bonds is 3. The maximum absolute atomic E-state index is 12.2. The van der Waals surface area contributed by atoms with E-state index in [2.05, 4.69) is 10.8 Å². The van der Waals surface area contributed by atoms with Gasteiger partial charge in [0.15, 0.2) is 5.69 Å². The number of quaternary nitrogens is 1. The lowest BCUT2D eigenvalue weighted by Crippen LogP contribution is -2.50. The number of halogens is 3. The van der Waals surface area contributed by atoms with Crippen LogP contribution in [-0.2, 0) is 12.7 Å². The summed E-state index contributed by atoms with van der Waals surface area (Å²) in [5, 5.41) is 3.48. The first-order chi connectivity index (χ1) is 6.45. The van der Waals surface area contributed by atoms with Crippen molar-refractivity contribution in [1.82, 2.24) is 9.78 Å². The molecule has 0 saturated carbocycles. The minimum atomic E-state index is -4.35. The fourth-order valence-corrected chi connectivity index (χ4v) is 1.14. The number of hydrogen-bond donors (Lipinski definition) is 1. The average Bonchev–Trinajstić information content (AvgIpc) is 2.43. The van der Waals surface area contributed by atoms with Crippen LogP contribution in [-0.4, -0.2) is 16.3 Å². The minimum Gasteiger partial charge on any atom is -0.358 e. The van der Waals surface area contributed by atoms with Crippen molar-refractivity contribution in [3.05, 3.63) is 17.5 Å². The van der Waals surface area contributed by atoms with Gasteiger partial charge >= 0.3 is 6.18 Å². The van der Waals surface area contributed by atoms with Crippen LogP contribution in [0.15, 0.2) is 6.07 Å². The Balaban J connectivity index is 2.82. The standard InChI is InChI=1S/C8H12F3N3/c1-6-5-7(8(9,10)11)13-14(6)4-2-3-12/h5H,2-4,12H2,1H3/p+1. The van der Waals surface area contributed by atoms with Gasteiger partial charge < -0.3 is 5.73 Å². The molecule has 14 heavy (non-hydrogen) atoms. The van der Waals surface area contributed by atoms with Gasteiger partial charge in [-0.25, -0.2) is 0 Å². The van der Waals surface area contributed by atoms with E-state index < -0.39 is 11.9 Å². The predicted molar refractivity (Wildman–Crippen MR) is 44.3 cm³/mol. The molecule has 0 atom stereocenters. The number of nitrogens with zero attached hydrogens (tertiary/aromatic N) is 2. The SMILES string of the molecule is Cc1cc(C(F)(F)F)nn1CCC[NH3+]. The molecule has 0 unspecified atom stereocenters. The molecule has 3 nitrogen and oxygen atoms in total. The first-order valence-electron chi connectivity index (χ1n) is 4.36. The molecule has 0 amide bonds. The molecular weight excluding hydrogens is 195 g/mol. The van der Waals surface area contributed by atoms with Crippen molar-refractivity contribution in [2.45, 2.75) is 26.1 Å². The molecule has 0 fully saturated rings. The summed E-state index contributed by atoms with van der Waals surface area (Å²) in [6.07, 6.45) is -3.61. The lowest BCUT2D eigenvalue weighted by atomic mass is 10.3. The Bertz CT molecular complexity index is 303. The third kappa shape index (κ3) is 2.47. The van der Waals surface area contributed by atoms with E-state index in [-0.39, 0.29) is 0 Å². The van der Waals surface area contributed by atoms with Crippen molar-refractivity contribution in [2.24, 2.45) is 0 Å². The van der Waals surface area contributed by atoms with E-state index in [0.29, 0.717) is 18.8 Å². The minimum absolute atomic E-state index is 0.491. The topological polar surface area (TPSA) is 45.5 Å². The first kappa shape index (κ1) is 11.0. The Morgan fingerprint density at radius 3 is 2.57 bits per heavy atom. The maximum Gasteiger partial charge on any atom is 0.435 e. The van der Waals surface area contributed by atoms with Crippen LogP contribution >= 0.6 is 0 Å². The molecule has 0 aliphatic heterocycles. The van der Waals surface area contributed by atoms with Crippen LogP contribution in [0.3, 0.4) is 0 Å². The lowest BCUT2D eigenvalue weighted by Gasteiger charge is -2.02. The van der Waals surface area contributed by atoms with Gasteiger partial charge in [0.05, 0.1) is 6.54 Å². The summed E-state index contributed by atoms with van der Waals surface area (Å²) in [6, 6.07) is 1.06. The van der Waals surface area contributed by atoms with Crippen molar-refractivity contribution in [3.63, 3.8) is 0 Å². The van der Waals surface area contributed by atoms with Crippen LogP contribution in [0.4, 0.5) is 13.2 Å². The van der Waals surface area contributed by atoms with E-state index in [1.807, 2.05) is 0 Å². The molecular formula is C8H13F3N3+. The zero-order valence-corrected chi connectivity index (χ0v) is 7.93. The van der Waals surface area contributed by atoms with Crippen LogP contribution < -0.4 is 5.73 Å². The molecule has 0 saturated heterocycles. The maximum atomic E-state index is 12.2. The van der Waals surface area contributed by atoms with Gasteiger partial charge in [-0.1, -0.05) is 0 Å². The van der Waals surface area contributed by atoms with Gasteiger partial charge in [0.25, 0.3) is 0 Å². The Hall–Kier alpha value is -1.04.